The molecule has 1 rings (SSSR count). The van der Waals surface area contributed by atoms with Gasteiger partial charge in [0, 0.05) is 6.92 Å². The number of nitrogens with zero attached hydrogens (tertiary/aromatic N) is 2. The topological polar surface area (TPSA) is 60.1 Å². The van der Waals surface area contributed by atoms with Gasteiger partial charge in [-0.05, 0) is 0 Å². The number of rotatable bonds is 1. The maximum absolute atomic E-state index is 10.8. The maximum Gasteiger partial charge on any atom is 0.207 e. The van der Waals surface area contributed by atoms with Gasteiger partial charge < -0.3 is 10.3 Å². The van der Waals surface area contributed by atoms with Crippen LogP contribution in [0.2, 0.25) is 0 Å². The predicted octanol–water partition coefficient (Wildman–Crippen LogP) is -0.484. The van der Waals surface area contributed by atoms with Gasteiger partial charge in [-0.15, -0.1) is 0 Å². The molecule has 4 nitrogen and oxygen atoms in total. The highest BCUT2D eigenvalue weighted by Gasteiger charge is 2.00. The Morgan fingerprint density at radius 1 is 1.80 bits per heavy atom. The molecule has 0 aliphatic carbocycles. The van der Waals surface area contributed by atoms with Crippen LogP contribution in [0.5, 0.6) is 0 Å². The Kier molecular flexibility index (Phi) is 1.82. The summed E-state index contributed by atoms with van der Waals surface area (Å²) in [4.78, 5) is 3.79. The zero-order chi connectivity index (χ0) is 7.56. The first-order valence-electron chi connectivity index (χ1n) is 2.89. The van der Waals surface area contributed by atoms with E-state index in [4.69, 9.17) is 5.11 Å². The molecular weight excluding hydrogens is 132 g/mol. The van der Waals surface area contributed by atoms with Gasteiger partial charge in [0.15, 0.2) is 0 Å². The quantitative estimate of drug-likeness (QED) is 0.423. The molecule has 4 heteroatoms. The van der Waals surface area contributed by atoms with Gasteiger partial charge in [0.1, 0.15) is 5.69 Å². The van der Waals surface area contributed by atoms with E-state index in [2.05, 4.69) is 4.98 Å². The summed E-state index contributed by atoms with van der Waals surface area (Å²) in [5.41, 5.74) is 0.915. The van der Waals surface area contributed by atoms with Crippen LogP contribution in [0.4, 0.5) is 0 Å². The molecule has 0 saturated carbocycles. The number of aliphatic hydroxyl groups excluding tert-OH is 1. The zero-order valence-corrected chi connectivity index (χ0v) is 5.61. The second-order valence-corrected chi connectivity index (χ2v) is 2.00. The molecule has 54 valence electrons. The van der Waals surface area contributed by atoms with Crippen molar-refractivity contribution in [2.75, 3.05) is 0 Å². The molecule has 0 unspecified atom stereocenters. The first-order chi connectivity index (χ1) is 4.74. The second-order valence-electron chi connectivity index (χ2n) is 2.00. The van der Waals surface area contributed by atoms with E-state index in [1.807, 2.05) is 0 Å². The molecule has 0 atom stereocenters. The summed E-state index contributed by atoms with van der Waals surface area (Å²) in [5, 5.41) is 19.3. The highest BCUT2D eigenvalue weighted by Crippen LogP contribution is 1.89. The van der Waals surface area contributed by atoms with Crippen molar-refractivity contribution in [2.24, 2.45) is 0 Å². The highest BCUT2D eigenvalue weighted by atomic mass is 16.5. The molecule has 1 N–H and O–H groups in total. The van der Waals surface area contributed by atoms with E-state index in [0.717, 1.165) is 0 Å². The minimum Gasteiger partial charge on any atom is -0.618 e. The third-order valence-electron chi connectivity index (χ3n) is 1.19. The van der Waals surface area contributed by atoms with Crippen LogP contribution < -0.4 is 4.73 Å². The third kappa shape index (κ3) is 1.22. The molecule has 0 aliphatic heterocycles. The second kappa shape index (κ2) is 2.62. The Balaban J connectivity index is 3.04. The molecule has 10 heavy (non-hydrogen) atoms. The number of aryl methyl sites for hydroxylation is 1. The molecule has 0 aliphatic rings. The lowest BCUT2D eigenvalue weighted by atomic mass is 10.4. The molecule has 1 aromatic heterocycles. The van der Waals surface area contributed by atoms with Gasteiger partial charge >= 0.3 is 0 Å². The molecule has 0 bridgehead atoms. The molecule has 0 radical (unpaired) electrons. The summed E-state index contributed by atoms with van der Waals surface area (Å²) < 4.78 is 0.679. The first-order valence-corrected chi connectivity index (χ1v) is 2.89. The third-order valence-corrected chi connectivity index (χ3v) is 1.19. The molecule has 0 spiro atoms. The summed E-state index contributed by atoms with van der Waals surface area (Å²) in [6.45, 7) is 1.46. The molecule has 0 saturated heterocycles. The highest BCUT2D eigenvalue weighted by molar-refractivity contribution is 4.92. The van der Waals surface area contributed by atoms with E-state index in [0.29, 0.717) is 16.1 Å². The number of aromatic nitrogens is 2. The van der Waals surface area contributed by atoms with E-state index in [9.17, 15) is 5.21 Å². The largest absolute Gasteiger partial charge is 0.618 e. The lowest BCUT2D eigenvalue weighted by Gasteiger charge is -1.99. The first kappa shape index (κ1) is 6.95. The Hall–Kier alpha value is -1.16. The Labute approximate surface area is 58.4 Å². The smallest absolute Gasteiger partial charge is 0.207 e. The predicted molar refractivity (Wildman–Crippen MR) is 33.9 cm³/mol. The van der Waals surface area contributed by atoms with Crippen molar-refractivity contribution in [2.45, 2.75) is 13.5 Å². The summed E-state index contributed by atoms with van der Waals surface area (Å²) in [6, 6.07) is 0. The van der Waals surface area contributed by atoms with Gasteiger partial charge in [-0.3, -0.25) is 0 Å². The van der Waals surface area contributed by atoms with Crippen molar-refractivity contribution in [3.63, 3.8) is 0 Å². The Bertz CT molecular complexity index is 237. The van der Waals surface area contributed by atoms with E-state index in [1.165, 1.54) is 12.4 Å². The van der Waals surface area contributed by atoms with Crippen LogP contribution in [-0.2, 0) is 6.61 Å². The van der Waals surface area contributed by atoms with Gasteiger partial charge in [-0.1, -0.05) is 0 Å². The fourth-order valence-corrected chi connectivity index (χ4v) is 0.585. The Morgan fingerprint density at radius 2 is 2.50 bits per heavy atom. The normalized spacial score (nSPS) is 9.80. The van der Waals surface area contributed by atoms with E-state index in [1.54, 1.807) is 6.92 Å². The molecule has 0 aromatic carbocycles. The summed E-state index contributed by atoms with van der Waals surface area (Å²) in [6.07, 6.45) is 2.69. The van der Waals surface area contributed by atoms with Crippen LogP contribution >= 0.6 is 0 Å². The van der Waals surface area contributed by atoms with Gasteiger partial charge in [0.05, 0.1) is 12.8 Å². The summed E-state index contributed by atoms with van der Waals surface area (Å²) in [7, 11) is 0. The van der Waals surface area contributed by atoms with E-state index >= 15 is 0 Å². The van der Waals surface area contributed by atoms with Gasteiger partial charge in [0.25, 0.3) is 0 Å². The van der Waals surface area contributed by atoms with Crippen LogP contribution in [0.1, 0.15) is 11.4 Å². The summed E-state index contributed by atoms with van der Waals surface area (Å²) in [5.74, 6) is 0. The van der Waals surface area contributed by atoms with Crippen molar-refractivity contribution < 1.29 is 9.84 Å². The number of aliphatic hydroxyl groups is 1. The van der Waals surface area contributed by atoms with Crippen molar-refractivity contribution >= 4 is 0 Å². The Morgan fingerprint density at radius 3 is 3.00 bits per heavy atom. The monoisotopic (exact) mass is 140 g/mol. The number of hydrogen-bond acceptors (Lipinski definition) is 3. The van der Waals surface area contributed by atoms with Crippen LogP contribution in [0.25, 0.3) is 0 Å². The van der Waals surface area contributed by atoms with Crippen LogP contribution in [0.15, 0.2) is 12.4 Å². The lowest BCUT2D eigenvalue weighted by Crippen LogP contribution is -2.30. The average molecular weight is 140 g/mol. The zero-order valence-electron chi connectivity index (χ0n) is 5.61. The maximum atomic E-state index is 10.8. The van der Waals surface area contributed by atoms with Gasteiger partial charge in [0.2, 0.25) is 11.9 Å². The summed E-state index contributed by atoms with van der Waals surface area (Å²) >= 11 is 0. The molecular formula is C6H8N2O2. The van der Waals surface area contributed by atoms with Crippen molar-refractivity contribution in [3.05, 3.63) is 29.0 Å². The van der Waals surface area contributed by atoms with Crippen LogP contribution in [0.3, 0.4) is 0 Å². The van der Waals surface area contributed by atoms with Crippen LogP contribution in [0, 0.1) is 12.1 Å². The number of hydrogen-bond donors (Lipinski definition) is 1. The van der Waals surface area contributed by atoms with Crippen molar-refractivity contribution in [1.82, 2.24) is 4.98 Å². The van der Waals surface area contributed by atoms with Gasteiger partial charge in [-0.2, -0.15) is 4.73 Å². The van der Waals surface area contributed by atoms with Crippen molar-refractivity contribution in [3.8, 4) is 0 Å². The van der Waals surface area contributed by atoms with Crippen molar-refractivity contribution in [1.29, 1.82) is 0 Å². The average Bonchev–Trinajstić information content (AvgIpc) is 1.95. The lowest BCUT2D eigenvalue weighted by molar-refractivity contribution is -0.613. The van der Waals surface area contributed by atoms with E-state index < -0.39 is 0 Å². The minimum absolute atomic E-state index is 0.192. The molecule has 1 aromatic rings. The van der Waals surface area contributed by atoms with Gasteiger partial charge in [-0.25, -0.2) is 4.98 Å². The molecule has 0 amide bonds. The van der Waals surface area contributed by atoms with E-state index in [-0.39, 0.29) is 6.61 Å². The van der Waals surface area contributed by atoms with Crippen LogP contribution in [-0.4, -0.2) is 10.1 Å². The molecule has 0 fully saturated rings. The molecule has 1 heterocycles. The minimum atomic E-state index is -0.192. The fraction of sp³-hybridized carbons (Fsp3) is 0.333. The SMILES string of the molecule is Cc1cnc(CO)c[n+]1[O-]. The fourth-order valence-electron chi connectivity index (χ4n) is 0.585. The standard InChI is InChI=1S/C6H8N2O2/c1-5-2-7-6(4-9)3-8(5)10/h2-3,9H,4H2,1H3.